The van der Waals surface area contributed by atoms with E-state index in [-0.39, 0.29) is 64.6 Å². The van der Waals surface area contributed by atoms with E-state index in [4.69, 9.17) is 9.47 Å². The molecule has 0 amide bonds. The molecule has 23 heavy (non-hydrogen) atoms. The van der Waals surface area contributed by atoms with Crippen LogP contribution in [0.3, 0.4) is 0 Å². The first kappa shape index (κ1) is 23.1. The van der Waals surface area contributed by atoms with Crippen molar-refractivity contribution in [2.75, 3.05) is 37.8 Å². The van der Waals surface area contributed by atoms with Crippen LogP contribution in [0.15, 0.2) is 41.7 Å². The topological polar surface area (TPSA) is 49.7 Å². The first-order chi connectivity index (χ1) is 10.8. The SMILES string of the molecule is C=COCCn1c(SC=COCC[O-])ccc1N(CC)CC.[K+]. The Morgan fingerprint density at radius 2 is 2.00 bits per heavy atom. The van der Waals surface area contributed by atoms with Crippen molar-refractivity contribution in [3.63, 3.8) is 0 Å². The summed E-state index contributed by atoms with van der Waals surface area (Å²) in [6.45, 7) is 11.1. The van der Waals surface area contributed by atoms with Gasteiger partial charge in [0.2, 0.25) is 0 Å². The summed E-state index contributed by atoms with van der Waals surface area (Å²) in [6.07, 6.45) is 3.03. The van der Waals surface area contributed by atoms with Crippen LogP contribution in [-0.4, -0.2) is 37.5 Å². The molecule has 0 radical (unpaired) electrons. The second-order valence-corrected chi connectivity index (χ2v) is 5.28. The maximum atomic E-state index is 10.3. The molecular weight excluding hydrogens is 339 g/mol. The molecule has 1 heterocycles. The summed E-state index contributed by atoms with van der Waals surface area (Å²) in [5.41, 5.74) is 0. The van der Waals surface area contributed by atoms with Gasteiger partial charge in [-0.1, -0.05) is 18.3 Å². The van der Waals surface area contributed by atoms with Crippen LogP contribution in [0, 0.1) is 0 Å². The van der Waals surface area contributed by atoms with Crippen LogP contribution in [0.5, 0.6) is 0 Å². The molecule has 0 aliphatic heterocycles. The van der Waals surface area contributed by atoms with Crippen molar-refractivity contribution in [1.29, 1.82) is 0 Å². The molecule has 0 aliphatic rings. The Morgan fingerprint density at radius 3 is 2.61 bits per heavy atom. The zero-order valence-corrected chi connectivity index (χ0v) is 18.3. The second kappa shape index (κ2) is 14.4. The Kier molecular flexibility index (Phi) is 14.5. The normalized spacial score (nSPS) is 10.4. The minimum Gasteiger partial charge on any atom is -0.852 e. The largest absolute Gasteiger partial charge is 1.00 e. The van der Waals surface area contributed by atoms with Crippen LogP contribution in [0.2, 0.25) is 0 Å². The molecule has 0 atom stereocenters. The number of thioether (sulfide) groups is 1. The van der Waals surface area contributed by atoms with Gasteiger partial charge in [0.25, 0.3) is 0 Å². The number of rotatable bonds is 12. The third-order valence-corrected chi connectivity index (χ3v) is 3.94. The van der Waals surface area contributed by atoms with Gasteiger partial charge in [-0.25, -0.2) is 0 Å². The molecule has 7 heteroatoms. The van der Waals surface area contributed by atoms with Gasteiger partial charge in [-0.3, -0.25) is 0 Å². The van der Waals surface area contributed by atoms with Crippen molar-refractivity contribution in [3.05, 3.63) is 36.6 Å². The maximum absolute atomic E-state index is 10.3. The molecule has 0 aliphatic carbocycles. The van der Waals surface area contributed by atoms with Crippen LogP contribution in [0.1, 0.15) is 13.8 Å². The third-order valence-electron chi connectivity index (χ3n) is 3.10. The summed E-state index contributed by atoms with van der Waals surface area (Å²) >= 11 is 1.56. The van der Waals surface area contributed by atoms with E-state index in [2.05, 4.69) is 42.0 Å². The zero-order chi connectivity index (χ0) is 16.2. The van der Waals surface area contributed by atoms with Crippen molar-refractivity contribution in [1.82, 2.24) is 4.57 Å². The Bertz CT molecular complexity index is 462. The summed E-state index contributed by atoms with van der Waals surface area (Å²) < 4.78 is 12.5. The van der Waals surface area contributed by atoms with Gasteiger partial charge in [0.05, 0.1) is 30.7 Å². The molecular formula is C16H25KN2O3S. The van der Waals surface area contributed by atoms with Gasteiger partial charge in [0.1, 0.15) is 12.4 Å². The second-order valence-electron chi connectivity index (χ2n) is 4.36. The average Bonchev–Trinajstić information content (AvgIpc) is 2.92. The number of anilines is 1. The van der Waals surface area contributed by atoms with Crippen LogP contribution < -0.4 is 61.4 Å². The quantitative estimate of drug-likeness (QED) is 0.215. The minimum atomic E-state index is -0.226. The average molecular weight is 365 g/mol. The summed E-state index contributed by atoms with van der Waals surface area (Å²) in [5, 5.41) is 13.3. The van der Waals surface area contributed by atoms with Crippen molar-refractivity contribution < 1.29 is 66.0 Å². The predicted octanol–water partition coefficient (Wildman–Crippen LogP) is -0.561. The molecule has 1 aromatic rings. The molecule has 0 bridgehead atoms. The Morgan fingerprint density at radius 1 is 1.26 bits per heavy atom. The minimum absolute atomic E-state index is 0. The smallest absolute Gasteiger partial charge is 0.852 e. The van der Waals surface area contributed by atoms with E-state index in [1.165, 1.54) is 12.1 Å². The van der Waals surface area contributed by atoms with Crippen molar-refractivity contribution in [2.45, 2.75) is 25.4 Å². The molecule has 0 unspecified atom stereocenters. The van der Waals surface area contributed by atoms with Crippen LogP contribution in [-0.2, 0) is 16.0 Å². The summed E-state index contributed by atoms with van der Waals surface area (Å²) in [5.74, 6) is 1.18. The maximum Gasteiger partial charge on any atom is 1.00 e. The molecule has 124 valence electrons. The standard InChI is InChI=1S/C16H25N2O3S.K/c1-4-17(5-2)15-7-8-16(18(15)9-11-20-6-3)22-14-13-21-12-10-19;/h6-8,13-14H,3-5,9-12H2,1-2H3;/q-1;+1. The molecule has 0 saturated carbocycles. The van der Waals surface area contributed by atoms with Crippen molar-refractivity contribution in [3.8, 4) is 0 Å². The van der Waals surface area contributed by atoms with Gasteiger partial charge >= 0.3 is 51.4 Å². The molecule has 0 spiro atoms. The van der Waals surface area contributed by atoms with Gasteiger partial charge in [-0.15, -0.1) is 6.61 Å². The van der Waals surface area contributed by atoms with Gasteiger partial charge in [0.15, 0.2) is 0 Å². The van der Waals surface area contributed by atoms with E-state index in [9.17, 15) is 5.11 Å². The number of nitrogens with zero attached hydrogens (tertiary/aromatic N) is 2. The molecule has 0 saturated heterocycles. The third kappa shape index (κ3) is 8.15. The number of aromatic nitrogens is 1. The predicted molar refractivity (Wildman–Crippen MR) is 90.0 cm³/mol. The van der Waals surface area contributed by atoms with E-state index in [1.807, 2.05) is 5.41 Å². The van der Waals surface area contributed by atoms with E-state index in [0.29, 0.717) is 6.61 Å². The monoisotopic (exact) mass is 364 g/mol. The van der Waals surface area contributed by atoms with Gasteiger partial charge in [0, 0.05) is 18.5 Å². The first-order valence-electron chi connectivity index (χ1n) is 7.46. The van der Waals surface area contributed by atoms with Gasteiger partial charge in [-0.05, 0) is 26.0 Å². The fourth-order valence-electron chi connectivity index (χ4n) is 2.07. The first-order valence-corrected chi connectivity index (χ1v) is 8.34. The number of hydrogen-bond donors (Lipinski definition) is 0. The van der Waals surface area contributed by atoms with Crippen LogP contribution >= 0.6 is 11.8 Å². The summed E-state index contributed by atoms with van der Waals surface area (Å²) in [4.78, 5) is 2.30. The summed E-state index contributed by atoms with van der Waals surface area (Å²) in [6, 6.07) is 4.21. The molecule has 5 nitrogen and oxygen atoms in total. The number of hydrogen-bond acceptors (Lipinski definition) is 5. The van der Waals surface area contributed by atoms with E-state index < -0.39 is 0 Å². The number of ether oxygens (including phenoxy) is 2. The zero-order valence-electron chi connectivity index (χ0n) is 14.4. The van der Waals surface area contributed by atoms with Crippen LogP contribution in [0.25, 0.3) is 0 Å². The molecule has 1 rings (SSSR count). The fourth-order valence-corrected chi connectivity index (χ4v) is 2.80. The Hall–Kier alpha value is 0.106. The van der Waals surface area contributed by atoms with Gasteiger partial charge in [-0.2, -0.15) is 0 Å². The van der Waals surface area contributed by atoms with Crippen molar-refractivity contribution in [2.24, 2.45) is 0 Å². The van der Waals surface area contributed by atoms with Gasteiger partial charge < -0.3 is 24.0 Å². The van der Waals surface area contributed by atoms with E-state index in [0.717, 1.165) is 24.7 Å². The fraction of sp³-hybridized carbons (Fsp3) is 0.500. The molecule has 0 fully saturated rings. The van der Waals surface area contributed by atoms with E-state index in [1.54, 1.807) is 18.0 Å². The summed E-state index contributed by atoms with van der Waals surface area (Å²) in [7, 11) is 0. The van der Waals surface area contributed by atoms with E-state index >= 15 is 0 Å². The molecule has 0 aromatic carbocycles. The van der Waals surface area contributed by atoms with Crippen LogP contribution in [0.4, 0.5) is 5.82 Å². The molecule has 1 aromatic heterocycles. The Labute approximate surface area is 186 Å². The van der Waals surface area contributed by atoms with Crippen molar-refractivity contribution >= 4 is 17.6 Å². The molecule has 0 N–H and O–H groups in total. The Balaban J connectivity index is 0.00000484.